The molecule has 1 aromatic heterocycles. The van der Waals surface area contributed by atoms with Crippen molar-refractivity contribution in [2.24, 2.45) is 0 Å². The lowest BCUT2D eigenvalue weighted by Gasteiger charge is -2.06. The number of hydrogen-bond donors (Lipinski definition) is 3. The minimum absolute atomic E-state index is 0.00616. The number of rotatable bonds is 4. The highest BCUT2D eigenvalue weighted by molar-refractivity contribution is 6.14. The number of fused-ring (bicyclic) bond motifs is 1. The third-order valence-electron chi connectivity index (χ3n) is 2.85. The predicted molar refractivity (Wildman–Crippen MR) is 70.1 cm³/mol. The maximum Gasteiger partial charge on any atom is 0.338 e. The fourth-order valence-corrected chi connectivity index (χ4v) is 2.05. The lowest BCUT2D eigenvalue weighted by molar-refractivity contribution is -0.137. The van der Waals surface area contributed by atoms with Gasteiger partial charge in [-0.25, -0.2) is 9.59 Å². The van der Waals surface area contributed by atoms with Gasteiger partial charge in [0, 0.05) is 0 Å². The van der Waals surface area contributed by atoms with Gasteiger partial charge in [0.25, 0.3) is 0 Å². The predicted octanol–water partition coefficient (Wildman–Crippen LogP) is 0.188. The molecule has 0 amide bonds. The van der Waals surface area contributed by atoms with Crippen molar-refractivity contribution >= 4 is 34.6 Å². The monoisotopic (exact) mass is 293 g/mol. The Morgan fingerprint density at radius 3 is 2.52 bits per heavy atom. The molecule has 1 aromatic carbocycles. The van der Waals surface area contributed by atoms with Gasteiger partial charge in [0.15, 0.2) is 5.82 Å². The minimum atomic E-state index is -1.39. The van der Waals surface area contributed by atoms with E-state index in [1.165, 1.54) is 12.1 Å². The number of carboxylic acids is 2. The van der Waals surface area contributed by atoms with Gasteiger partial charge in [0.05, 0.1) is 29.1 Å². The van der Waals surface area contributed by atoms with E-state index in [9.17, 15) is 19.5 Å². The Balaban J connectivity index is 2.81. The van der Waals surface area contributed by atoms with Gasteiger partial charge in [0.2, 0.25) is 0 Å². The summed E-state index contributed by atoms with van der Waals surface area (Å²) in [7, 11) is 1.12. The molecule has 0 spiro atoms. The SMILES string of the molecule is COC(=O)c1ccc2c(c(N)nn2CC(=O)O)c1C(=O)O. The summed E-state index contributed by atoms with van der Waals surface area (Å²) in [6.45, 7) is -0.482. The summed E-state index contributed by atoms with van der Waals surface area (Å²) in [4.78, 5) is 33.8. The smallest absolute Gasteiger partial charge is 0.338 e. The van der Waals surface area contributed by atoms with Gasteiger partial charge in [0.1, 0.15) is 6.54 Å². The third-order valence-corrected chi connectivity index (χ3v) is 2.85. The van der Waals surface area contributed by atoms with Gasteiger partial charge in [-0.3, -0.25) is 9.48 Å². The van der Waals surface area contributed by atoms with Gasteiger partial charge < -0.3 is 20.7 Å². The number of nitrogens with two attached hydrogens (primary N) is 1. The van der Waals surface area contributed by atoms with Crippen molar-refractivity contribution in [3.05, 3.63) is 23.3 Å². The molecule has 9 nitrogen and oxygen atoms in total. The average Bonchev–Trinajstić information content (AvgIpc) is 2.72. The quantitative estimate of drug-likeness (QED) is 0.677. The maximum atomic E-state index is 11.6. The van der Waals surface area contributed by atoms with Crippen LogP contribution in [0.4, 0.5) is 5.82 Å². The number of nitrogen functional groups attached to an aromatic ring is 1. The molecular formula is C12H11N3O6. The van der Waals surface area contributed by atoms with Gasteiger partial charge in [-0.15, -0.1) is 0 Å². The number of ether oxygens (including phenoxy) is 1. The molecule has 110 valence electrons. The van der Waals surface area contributed by atoms with Gasteiger partial charge in [-0.05, 0) is 12.1 Å². The lowest BCUT2D eigenvalue weighted by Crippen LogP contribution is -2.12. The van der Waals surface area contributed by atoms with Crippen LogP contribution < -0.4 is 5.73 Å². The molecule has 0 unspecified atom stereocenters. The molecule has 0 saturated heterocycles. The number of anilines is 1. The first kappa shape index (κ1) is 14.3. The topological polar surface area (TPSA) is 145 Å². The highest BCUT2D eigenvalue weighted by Crippen LogP contribution is 2.28. The Labute approximate surface area is 117 Å². The van der Waals surface area contributed by atoms with Crippen molar-refractivity contribution in [1.29, 1.82) is 0 Å². The van der Waals surface area contributed by atoms with Crippen LogP contribution in [0.2, 0.25) is 0 Å². The Morgan fingerprint density at radius 2 is 2.00 bits per heavy atom. The molecule has 0 aliphatic heterocycles. The number of carboxylic acid groups (broad SMARTS) is 2. The standard InChI is InChI=1S/C12H11N3O6/c1-21-12(20)5-2-3-6-9(8(5)11(18)19)10(13)14-15(6)4-7(16)17/h2-3H,4H2,1H3,(H2,13,14)(H,16,17)(H,18,19). The van der Waals surface area contributed by atoms with E-state index in [1.807, 2.05) is 0 Å². The summed E-state index contributed by atoms with van der Waals surface area (Å²) in [5, 5.41) is 21.9. The zero-order valence-corrected chi connectivity index (χ0v) is 10.9. The number of esters is 1. The van der Waals surface area contributed by atoms with Crippen molar-refractivity contribution in [3.8, 4) is 0 Å². The Hall–Kier alpha value is -3.10. The van der Waals surface area contributed by atoms with E-state index >= 15 is 0 Å². The molecule has 4 N–H and O–H groups in total. The molecule has 21 heavy (non-hydrogen) atoms. The lowest BCUT2D eigenvalue weighted by atomic mass is 10.0. The summed E-state index contributed by atoms with van der Waals surface area (Å²) in [5.41, 5.74) is 5.32. The number of hydrogen-bond acceptors (Lipinski definition) is 6. The van der Waals surface area contributed by atoms with E-state index in [-0.39, 0.29) is 27.8 Å². The molecule has 0 bridgehead atoms. The van der Waals surface area contributed by atoms with Crippen LogP contribution in [-0.4, -0.2) is 45.0 Å². The fourth-order valence-electron chi connectivity index (χ4n) is 2.05. The van der Waals surface area contributed by atoms with Crippen LogP contribution >= 0.6 is 0 Å². The first-order valence-electron chi connectivity index (χ1n) is 5.69. The van der Waals surface area contributed by atoms with Gasteiger partial charge in [-0.2, -0.15) is 5.10 Å². The number of aliphatic carboxylic acids is 1. The van der Waals surface area contributed by atoms with Crippen LogP contribution in [0.1, 0.15) is 20.7 Å². The average molecular weight is 293 g/mol. The molecule has 0 fully saturated rings. The summed E-state index contributed by atoms with van der Waals surface area (Å²) in [6, 6.07) is 2.61. The number of carbonyl (C=O) groups is 3. The third kappa shape index (κ3) is 2.36. The van der Waals surface area contributed by atoms with Crippen molar-refractivity contribution in [2.75, 3.05) is 12.8 Å². The number of methoxy groups -OCH3 is 1. The molecule has 1 heterocycles. The molecule has 2 aromatic rings. The Kier molecular flexibility index (Phi) is 3.49. The summed E-state index contributed by atoms with van der Waals surface area (Å²) in [5.74, 6) is -3.55. The second kappa shape index (κ2) is 5.12. The van der Waals surface area contributed by atoms with Crippen LogP contribution in [0, 0.1) is 0 Å². The molecule has 0 aliphatic carbocycles. The molecule has 0 aliphatic rings. The van der Waals surface area contributed by atoms with Crippen molar-refractivity contribution in [1.82, 2.24) is 9.78 Å². The van der Waals surface area contributed by atoms with Crippen LogP contribution in [0.5, 0.6) is 0 Å². The first-order chi connectivity index (χ1) is 9.86. The molecular weight excluding hydrogens is 282 g/mol. The van der Waals surface area contributed by atoms with E-state index in [2.05, 4.69) is 9.84 Å². The van der Waals surface area contributed by atoms with E-state index in [0.717, 1.165) is 11.8 Å². The highest BCUT2D eigenvalue weighted by Gasteiger charge is 2.25. The fraction of sp³-hybridized carbons (Fsp3) is 0.167. The zero-order chi connectivity index (χ0) is 15.7. The van der Waals surface area contributed by atoms with Crippen molar-refractivity contribution in [2.45, 2.75) is 6.54 Å². The number of carbonyl (C=O) groups excluding carboxylic acids is 1. The molecule has 0 radical (unpaired) electrons. The summed E-state index contributed by atoms with van der Waals surface area (Å²) >= 11 is 0. The second-order valence-electron chi connectivity index (χ2n) is 4.12. The number of nitrogens with zero attached hydrogens (tertiary/aromatic N) is 2. The van der Waals surface area contributed by atoms with E-state index < -0.39 is 24.5 Å². The van der Waals surface area contributed by atoms with E-state index in [0.29, 0.717) is 0 Å². The number of benzene rings is 1. The largest absolute Gasteiger partial charge is 0.480 e. The number of aromatic carboxylic acids is 1. The van der Waals surface area contributed by atoms with Crippen molar-refractivity contribution < 1.29 is 29.3 Å². The van der Waals surface area contributed by atoms with Crippen LogP contribution in [-0.2, 0) is 16.1 Å². The second-order valence-corrected chi connectivity index (χ2v) is 4.12. The summed E-state index contributed by atoms with van der Waals surface area (Å²) < 4.78 is 5.58. The van der Waals surface area contributed by atoms with Crippen molar-refractivity contribution in [3.63, 3.8) is 0 Å². The minimum Gasteiger partial charge on any atom is -0.480 e. The zero-order valence-electron chi connectivity index (χ0n) is 10.9. The van der Waals surface area contributed by atoms with E-state index in [4.69, 9.17) is 10.8 Å². The van der Waals surface area contributed by atoms with Crippen LogP contribution in [0.25, 0.3) is 10.9 Å². The summed E-state index contributed by atoms with van der Waals surface area (Å²) in [6.07, 6.45) is 0. The normalized spacial score (nSPS) is 10.5. The molecule has 9 heteroatoms. The van der Waals surface area contributed by atoms with Crippen LogP contribution in [0.15, 0.2) is 12.1 Å². The molecule has 0 saturated carbocycles. The van der Waals surface area contributed by atoms with Crippen LogP contribution in [0.3, 0.4) is 0 Å². The van der Waals surface area contributed by atoms with Gasteiger partial charge in [-0.1, -0.05) is 0 Å². The number of aromatic nitrogens is 2. The molecule has 0 atom stereocenters. The maximum absolute atomic E-state index is 11.6. The first-order valence-corrected chi connectivity index (χ1v) is 5.69. The highest BCUT2D eigenvalue weighted by atomic mass is 16.5. The van der Waals surface area contributed by atoms with Gasteiger partial charge >= 0.3 is 17.9 Å². The Bertz CT molecular complexity index is 764. The molecule has 2 rings (SSSR count). The Morgan fingerprint density at radius 1 is 1.33 bits per heavy atom. The van der Waals surface area contributed by atoms with E-state index in [1.54, 1.807) is 0 Å².